The number of benzene rings is 1. The molecule has 0 unspecified atom stereocenters. The Morgan fingerprint density at radius 2 is 2.10 bits per heavy atom. The molecule has 1 aromatic carbocycles. The maximum atomic E-state index is 11.8. The maximum absolute atomic E-state index is 11.8. The summed E-state index contributed by atoms with van der Waals surface area (Å²) >= 11 is 0. The van der Waals surface area contributed by atoms with Crippen LogP contribution in [-0.4, -0.2) is 33.7 Å². The number of amides is 1. The van der Waals surface area contributed by atoms with Crippen molar-refractivity contribution in [1.82, 2.24) is 5.32 Å². The molecule has 20 heavy (non-hydrogen) atoms. The molecule has 5 nitrogen and oxygen atoms in total. The fourth-order valence-electron chi connectivity index (χ4n) is 2.13. The van der Waals surface area contributed by atoms with E-state index in [1.165, 1.54) is 0 Å². The lowest BCUT2D eigenvalue weighted by Gasteiger charge is -2.07. The molecular weight excluding hydrogens is 300 g/mol. The van der Waals surface area contributed by atoms with Crippen LogP contribution in [0.15, 0.2) is 23.1 Å². The summed E-state index contributed by atoms with van der Waals surface area (Å²) in [6.45, 7) is 0.784. The Balaban J connectivity index is 0.00000200. The number of anilines is 1. The van der Waals surface area contributed by atoms with Gasteiger partial charge < -0.3 is 10.6 Å². The first kappa shape index (κ1) is 16.9. The van der Waals surface area contributed by atoms with E-state index in [1.54, 1.807) is 18.2 Å². The highest BCUT2D eigenvalue weighted by atomic mass is 35.5. The number of sulfone groups is 1. The van der Waals surface area contributed by atoms with Gasteiger partial charge in [0.1, 0.15) is 0 Å². The van der Waals surface area contributed by atoms with Gasteiger partial charge in [0, 0.05) is 12.1 Å². The number of aryl methyl sites for hydroxylation is 1. The van der Waals surface area contributed by atoms with Crippen LogP contribution in [0.25, 0.3) is 0 Å². The van der Waals surface area contributed by atoms with E-state index in [0.717, 1.165) is 18.5 Å². The molecular formula is C13H19ClN2O3S. The van der Waals surface area contributed by atoms with Gasteiger partial charge in [-0.1, -0.05) is 6.07 Å². The van der Waals surface area contributed by atoms with Crippen molar-refractivity contribution < 1.29 is 13.2 Å². The van der Waals surface area contributed by atoms with E-state index in [0.29, 0.717) is 23.4 Å². The van der Waals surface area contributed by atoms with Gasteiger partial charge in [-0.15, -0.1) is 12.4 Å². The minimum atomic E-state index is -3.15. The van der Waals surface area contributed by atoms with Crippen LogP contribution in [0.5, 0.6) is 0 Å². The Kier molecular flexibility index (Phi) is 5.98. The molecule has 1 heterocycles. The van der Waals surface area contributed by atoms with E-state index < -0.39 is 9.84 Å². The largest absolute Gasteiger partial charge is 0.326 e. The number of rotatable bonds is 5. The van der Waals surface area contributed by atoms with Crippen LogP contribution < -0.4 is 10.6 Å². The lowest BCUT2D eigenvalue weighted by atomic mass is 10.1. The predicted octanol–water partition coefficient (Wildman–Crippen LogP) is 1.38. The molecule has 0 aromatic heterocycles. The molecule has 0 atom stereocenters. The summed E-state index contributed by atoms with van der Waals surface area (Å²) in [5.74, 6) is 0.0765. The Labute approximate surface area is 125 Å². The number of carbonyl (C=O) groups excluding carboxylic acids is 1. The summed E-state index contributed by atoms with van der Waals surface area (Å²) in [5, 5.41) is 5.71. The highest BCUT2D eigenvalue weighted by Crippen LogP contribution is 2.28. The zero-order valence-electron chi connectivity index (χ0n) is 11.3. The Morgan fingerprint density at radius 1 is 1.35 bits per heavy atom. The number of halogens is 1. The standard InChI is InChI=1S/C13H18N2O3S.ClH/c1-14-7-2-3-13(16)15-11-5-4-10-6-8-19(17,18)12(10)9-11;/h4-5,9,14H,2-3,6-8H2,1H3,(H,15,16);1H. The SMILES string of the molecule is CNCCCC(=O)Nc1ccc2c(c1)S(=O)(=O)CC2.Cl. The third-order valence-corrected chi connectivity index (χ3v) is 4.95. The van der Waals surface area contributed by atoms with Crippen LogP contribution in [0, 0.1) is 0 Å². The number of carbonyl (C=O) groups is 1. The zero-order chi connectivity index (χ0) is 13.9. The topological polar surface area (TPSA) is 75.3 Å². The van der Waals surface area contributed by atoms with E-state index >= 15 is 0 Å². The fourth-order valence-corrected chi connectivity index (χ4v) is 3.72. The summed E-state index contributed by atoms with van der Waals surface area (Å²) < 4.78 is 23.6. The second-order valence-electron chi connectivity index (χ2n) is 4.65. The molecule has 2 N–H and O–H groups in total. The number of fused-ring (bicyclic) bond motifs is 1. The molecule has 1 amide bonds. The lowest BCUT2D eigenvalue weighted by molar-refractivity contribution is -0.116. The smallest absolute Gasteiger partial charge is 0.224 e. The molecule has 0 saturated carbocycles. The Bertz CT molecular complexity index is 587. The average Bonchev–Trinajstić information content (AvgIpc) is 2.66. The first-order valence-electron chi connectivity index (χ1n) is 6.33. The van der Waals surface area contributed by atoms with E-state index in [9.17, 15) is 13.2 Å². The van der Waals surface area contributed by atoms with Crippen molar-refractivity contribution >= 4 is 33.8 Å². The van der Waals surface area contributed by atoms with Crippen molar-refractivity contribution in [3.05, 3.63) is 23.8 Å². The third-order valence-electron chi connectivity index (χ3n) is 3.16. The molecule has 0 radical (unpaired) electrons. The van der Waals surface area contributed by atoms with E-state index in [2.05, 4.69) is 10.6 Å². The van der Waals surface area contributed by atoms with Crippen molar-refractivity contribution in [3.63, 3.8) is 0 Å². The molecule has 1 aliphatic rings. The van der Waals surface area contributed by atoms with Gasteiger partial charge in [0.25, 0.3) is 0 Å². The van der Waals surface area contributed by atoms with Gasteiger partial charge in [-0.3, -0.25) is 4.79 Å². The first-order chi connectivity index (χ1) is 9.03. The van der Waals surface area contributed by atoms with Gasteiger partial charge >= 0.3 is 0 Å². The maximum Gasteiger partial charge on any atom is 0.224 e. The van der Waals surface area contributed by atoms with Crippen LogP contribution >= 0.6 is 12.4 Å². The minimum Gasteiger partial charge on any atom is -0.326 e. The molecule has 0 saturated heterocycles. The van der Waals surface area contributed by atoms with Crippen LogP contribution in [0.4, 0.5) is 5.69 Å². The quantitative estimate of drug-likeness (QED) is 0.804. The van der Waals surface area contributed by atoms with Crippen LogP contribution in [-0.2, 0) is 21.1 Å². The van der Waals surface area contributed by atoms with Crippen molar-refractivity contribution in [3.8, 4) is 0 Å². The Morgan fingerprint density at radius 3 is 2.80 bits per heavy atom. The van der Waals surface area contributed by atoms with Gasteiger partial charge in [0.05, 0.1) is 10.6 Å². The molecule has 112 valence electrons. The van der Waals surface area contributed by atoms with E-state index in [4.69, 9.17) is 0 Å². The zero-order valence-corrected chi connectivity index (χ0v) is 12.9. The molecule has 0 fully saturated rings. The molecule has 7 heteroatoms. The summed E-state index contributed by atoms with van der Waals surface area (Å²) in [4.78, 5) is 12.0. The van der Waals surface area contributed by atoms with Crippen molar-refractivity contribution in [2.45, 2.75) is 24.2 Å². The summed E-state index contributed by atoms with van der Waals surface area (Å²) in [5.41, 5.74) is 1.40. The minimum absolute atomic E-state index is 0. The second-order valence-corrected chi connectivity index (χ2v) is 6.72. The van der Waals surface area contributed by atoms with Gasteiger partial charge in [-0.05, 0) is 44.1 Å². The van der Waals surface area contributed by atoms with Crippen molar-refractivity contribution in [2.75, 3.05) is 24.7 Å². The van der Waals surface area contributed by atoms with Gasteiger partial charge in [-0.25, -0.2) is 8.42 Å². The molecule has 0 bridgehead atoms. The normalized spacial score (nSPS) is 15.2. The van der Waals surface area contributed by atoms with Gasteiger partial charge in [0.2, 0.25) is 5.91 Å². The number of hydrogen-bond acceptors (Lipinski definition) is 4. The third kappa shape index (κ3) is 3.94. The van der Waals surface area contributed by atoms with E-state index in [1.807, 2.05) is 7.05 Å². The fraction of sp³-hybridized carbons (Fsp3) is 0.462. The molecule has 0 aliphatic carbocycles. The lowest BCUT2D eigenvalue weighted by Crippen LogP contribution is -2.15. The van der Waals surface area contributed by atoms with E-state index in [-0.39, 0.29) is 24.1 Å². The second kappa shape index (κ2) is 7.06. The Hall–Kier alpha value is -1.11. The first-order valence-corrected chi connectivity index (χ1v) is 7.98. The summed E-state index contributed by atoms with van der Waals surface area (Å²) in [7, 11) is -1.31. The molecule has 2 rings (SSSR count). The molecule has 1 aliphatic heterocycles. The van der Waals surface area contributed by atoms with Gasteiger partial charge in [0.15, 0.2) is 9.84 Å². The summed E-state index contributed by atoms with van der Waals surface area (Å²) in [6.07, 6.45) is 1.74. The molecule has 1 aromatic rings. The van der Waals surface area contributed by atoms with Crippen molar-refractivity contribution in [1.29, 1.82) is 0 Å². The average molecular weight is 319 g/mol. The monoisotopic (exact) mass is 318 g/mol. The van der Waals surface area contributed by atoms with Crippen LogP contribution in [0.1, 0.15) is 18.4 Å². The summed E-state index contributed by atoms with van der Waals surface area (Å²) in [6, 6.07) is 5.10. The van der Waals surface area contributed by atoms with Crippen LogP contribution in [0.3, 0.4) is 0 Å². The highest BCUT2D eigenvalue weighted by Gasteiger charge is 2.26. The molecule has 0 spiro atoms. The van der Waals surface area contributed by atoms with Crippen LogP contribution in [0.2, 0.25) is 0 Å². The number of hydrogen-bond donors (Lipinski definition) is 2. The highest BCUT2D eigenvalue weighted by molar-refractivity contribution is 7.91. The van der Waals surface area contributed by atoms with Crippen molar-refractivity contribution in [2.24, 2.45) is 0 Å². The predicted molar refractivity (Wildman–Crippen MR) is 81.2 cm³/mol. The van der Waals surface area contributed by atoms with Gasteiger partial charge in [-0.2, -0.15) is 0 Å². The number of nitrogens with one attached hydrogen (secondary N) is 2.